The molecule has 0 aliphatic carbocycles. The van der Waals surface area contributed by atoms with E-state index in [2.05, 4.69) is 5.32 Å². The molecule has 34 heavy (non-hydrogen) atoms. The van der Waals surface area contributed by atoms with Crippen molar-refractivity contribution in [1.82, 2.24) is 10.2 Å². The third-order valence-electron chi connectivity index (χ3n) is 5.00. The van der Waals surface area contributed by atoms with E-state index in [0.29, 0.717) is 28.6 Å². The number of carbonyl (C=O) groups is 2. The second kappa shape index (κ2) is 13.0. The Kier molecular flexibility index (Phi) is 10.4. The predicted octanol–water partition coefficient (Wildman–Crippen LogP) is 4.62. The number of benzene rings is 2. The highest BCUT2D eigenvalue weighted by Gasteiger charge is 2.29. The molecule has 0 saturated carbocycles. The van der Waals surface area contributed by atoms with Gasteiger partial charge in [0.15, 0.2) is 6.61 Å². The molecular weight excluding hydrogens is 485 g/mol. The van der Waals surface area contributed by atoms with Gasteiger partial charge in [0.1, 0.15) is 11.8 Å². The van der Waals surface area contributed by atoms with Crippen molar-refractivity contribution in [2.75, 3.05) is 20.3 Å². The fourth-order valence-corrected chi connectivity index (χ4v) is 3.71. The van der Waals surface area contributed by atoms with Crippen LogP contribution in [0.1, 0.15) is 32.3 Å². The molecule has 9 nitrogen and oxygen atoms in total. The van der Waals surface area contributed by atoms with Gasteiger partial charge in [-0.15, -0.1) is 0 Å². The smallest absolute Gasteiger partial charge is 0.311 e. The number of hydrogen-bond donors (Lipinski definition) is 1. The van der Waals surface area contributed by atoms with Crippen LogP contribution >= 0.6 is 23.2 Å². The number of nitro benzene ring substituents is 1. The van der Waals surface area contributed by atoms with Gasteiger partial charge in [-0.1, -0.05) is 43.1 Å². The highest BCUT2D eigenvalue weighted by atomic mass is 35.5. The van der Waals surface area contributed by atoms with Crippen molar-refractivity contribution in [2.24, 2.45) is 0 Å². The molecule has 1 N–H and O–H groups in total. The highest BCUT2D eigenvalue weighted by Crippen LogP contribution is 2.31. The lowest BCUT2D eigenvalue weighted by molar-refractivity contribution is -0.385. The average molecular weight is 512 g/mol. The van der Waals surface area contributed by atoms with E-state index in [-0.39, 0.29) is 29.6 Å². The summed E-state index contributed by atoms with van der Waals surface area (Å²) in [7, 11) is 1.30. The fraction of sp³-hybridized carbons (Fsp3) is 0.391. The van der Waals surface area contributed by atoms with Gasteiger partial charge in [0.2, 0.25) is 11.7 Å². The quantitative estimate of drug-likeness (QED) is 0.328. The van der Waals surface area contributed by atoms with Crippen molar-refractivity contribution in [3.8, 4) is 11.5 Å². The van der Waals surface area contributed by atoms with E-state index in [0.717, 1.165) is 6.42 Å². The van der Waals surface area contributed by atoms with Crippen LogP contribution in [0.4, 0.5) is 5.69 Å². The number of hydrogen-bond acceptors (Lipinski definition) is 6. The van der Waals surface area contributed by atoms with Crippen LogP contribution in [0.25, 0.3) is 0 Å². The van der Waals surface area contributed by atoms with Crippen LogP contribution in [0, 0.1) is 10.1 Å². The Morgan fingerprint density at radius 2 is 1.91 bits per heavy atom. The van der Waals surface area contributed by atoms with Crippen LogP contribution in [0.2, 0.25) is 10.0 Å². The van der Waals surface area contributed by atoms with Crippen LogP contribution in [0.15, 0.2) is 36.4 Å². The molecule has 0 spiro atoms. The minimum Gasteiger partial charge on any atom is -0.490 e. The molecule has 0 aliphatic heterocycles. The number of nitrogens with zero attached hydrogens (tertiary/aromatic N) is 2. The number of rotatable bonds is 12. The summed E-state index contributed by atoms with van der Waals surface area (Å²) in [6, 6.07) is 8.11. The summed E-state index contributed by atoms with van der Waals surface area (Å²) < 4.78 is 10.6. The molecule has 1 atom stereocenters. The van der Waals surface area contributed by atoms with E-state index >= 15 is 0 Å². The van der Waals surface area contributed by atoms with Gasteiger partial charge in [-0.05, 0) is 36.6 Å². The molecular formula is C23H27Cl2N3O6. The number of nitro groups is 1. The second-order valence-corrected chi connectivity index (χ2v) is 8.20. The molecule has 0 aliphatic rings. The number of carbonyl (C=O) groups excluding carboxylic acids is 2. The second-order valence-electron chi connectivity index (χ2n) is 7.35. The lowest BCUT2D eigenvalue weighted by Gasteiger charge is -2.31. The predicted molar refractivity (Wildman–Crippen MR) is 130 cm³/mol. The van der Waals surface area contributed by atoms with Crippen LogP contribution in [-0.4, -0.2) is 47.9 Å². The minimum absolute atomic E-state index is 0.00475. The first kappa shape index (κ1) is 27.2. The molecule has 0 aromatic heterocycles. The van der Waals surface area contributed by atoms with Crippen molar-refractivity contribution < 1.29 is 24.0 Å². The third-order valence-corrected chi connectivity index (χ3v) is 5.59. The van der Waals surface area contributed by atoms with Crippen LogP contribution < -0.4 is 14.8 Å². The summed E-state index contributed by atoms with van der Waals surface area (Å²) in [6.07, 6.45) is 1.13. The first-order valence-electron chi connectivity index (χ1n) is 10.7. The standard InChI is InChI=1S/C23H27Cl2N3O6/c1-4-10-26-23(30)19(5-2)27(13-15-6-7-16(24)11-18(15)25)22(29)14-34-17-8-9-20(28(31)32)21(12-17)33-3/h6-9,11-12,19H,4-5,10,13-14H2,1-3H3,(H,26,30). The van der Waals surface area contributed by atoms with E-state index < -0.39 is 23.5 Å². The van der Waals surface area contributed by atoms with Crippen molar-refractivity contribution in [3.63, 3.8) is 0 Å². The van der Waals surface area contributed by atoms with E-state index in [4.69, 9.17) is 32.7 Å². The van der Waals surface area contributed by atoms with Gasteiger partial charge in [0.05, 0.1) is 12.0 Å². The Morgan fingerprint density at radius 1 is 1.18 bits per heavy atom. The Bertz CT molecular complexity index is 1030. The summed E-state index contributed by atoms with van der Waals surface area (Å²) in [6.45, 7) is 3.90. The maximum Gasteiger partial charge on any atom is 0.311 e. The van der Waals surface area contributed by atoms with E-state index in [1.165, 1.54) is 30.2 Å². The Hall–Kier alpha value is -3.04. The molecule has 0 bridgehead atoms. The fourth-order valence-electron chi connectivity index (χ4n) is 3.25. The van der Waals surface area contributed by atoms with Crippen LogP contribution in [-0.2, 0) is 16.1 Å². The van der Waals surface area contributed by atoms with Crippen molar-refractivity contribution in [2.45, 2.75) is 39.3 Å². The molecule has 0 fully saturated rings. The van der Waals surface area contributed by atoms with Crippen LogP contribution in [0.5, 0.6) is 11.5 Å². The summed E-state index contributed by atoms with van der Waals surface area (Å²) in [5, 5.41) is 14.7. The van der Waals surface area contributed by atoms with Gasteiger partial charge < -0.3 is 19.7 Å². The van der Waals surface area contributed by atoms with E-state index in [1.807, 2.05) is 13.8 Å². The molecule has 11 heteroatoms. The zero-order valence-electron chi connectivity index (χ0n) is 19.2. The lowest BCUT2D eigenvalue weighted by atomic mass is 10.1. The molecule has 1 unspecified atom stereocenters. The molecule has 0 heterocycles. The summed E-state index contributed by atoms with van der Waals surface area (Å²) in [4.78, 5) is 37.9. The first-order valence-corrected chi connectivity index (χ1v) is 11.4. The van der Waals surface area contributed by atoms with Gasteiger partial charge in [0, 0.05) is 35.3 Å². The SMILES string of the molecule is CCCNC(=O)C(CC)N(Cc1ccc(Cl)cc1Cl)C(=O)COc1ccc([N+](=O)[O-])c(OC)c1. The maximum absolute atomic E-state index is 13.2. The number of nitrogens with one attached hydrogen (secondary N) is 1. The molecule has 2 aromatic rings. The Labute approximate surface area is 208 Å². The molecule has 2 amide bonds. The lowest BCUT2D eigenvalue weighted by Crippen LogP contribution is -2.50. The molecule has 2 rings (SSSR count). The van der Waals surface area contributed by atoms with Gasteiger partial charge >= 0.3 is 5.69 Å². The van der Waals surface area contributed by atoms with Gasteiger partial charge in [0.25, 0.3) is 5.91 Å². The molecule has 0 saturated heterocycles. The monoisotopic (exact) mass is 511 g/mol. The van der Waals surface area contributed by atoms with Gasteiger partial charge in [-0.3, -0.25) is 19.7 Å². The number of amides is 2. The number of ether oxygens (including phenoxy) is 2. The summed E-state index contributed by atoms with van der Waals surface area (Å²) in [5.41, 5.74) is 0.400. The third kappa shape index (κ3) is 7.23. The minimum atomic E-state index is -0.749. The summed E-state index contributed by atoms with van der Waals surface area (Å²) >= 11 is 12.3. The number of methoxy groups -OCH3 is 1. The maximum atomic E-state index is 13.2. The molecule has 2 aromatic carbocycles. The summed E-state index contributed by atoms with van der Waals surface area (Å²) in [5.74, 6) is -0.518. The zero-order valence-corrected chi connectivity index (χ0v) is 20.7. The van der Waals surface area contributed by atoms with Crippen molar-refractivity contribution in [1.29, 1.82) is 0 Å². The van der Waals surface area contributed by atoms with Gasteiger partial charge in [-0.25, -0.2) is 0 Å². The van der Waals surface area contributed by atoms with Gasteiger partial charge in [-0.2, -0.15) is 0 Å². The molecule has 0 radical (unpaired) electrons. The Balaban J connectivity index is 2.27. The Morgan fingerprint density at radius 3 is 2.50 bits per heavy atom. The topological polar surface area (TPSA) is 111 Å². The van der Waals surface area contributed by atoms with Crippen molar-refractivity contribution >= 4 is 40.7 Å². The normalized spacial score (nSPS) is 11.4. The highest BCUT2D eigenvalue weighted by molar-refractivity contribution is 6.35. The zero-order chi connectivity index (χ0) is 25.3. The van der Waals surface area contributed by atoms with Crippen LogP contribution in [0.3, 0.4) is 0 Å². The largest absolute Gasteiger partial charge is 0.490 e. The first-order chi connectivity index (χ1) is 16.2. The van der Waals surface area contributed by atoms with Crippen molar-refractivity contribution in [3.05, 3.63) is 62.1 Å². The van der Waals surface area contributed by atoms with E-state index in [9.17, 15) is 19.7 Å². The number of halogens is 2. The molecule has 184 valence electrons. The average Bonchev–Trinajstić information content (AvgIpc) is 2.81. The van der Waals surface area contributed by atoms with E-state index in [1.54, 1.807) is 18.2 Å².